The zero-order valence-electron chi connectivity index (χ0n) is 7.95. The molecular formula is C11H13NO. The van der Waals surface area contributed by atoms with Crippen molar-refractivity contribution in [3.8, 4) is 11.8 Å². The SMILES string of the molecule is CCOc1cccc(C(C)C#N)c1. The lowest BCUT2D eigenvalue weighted by molar-refractivity contribution is 0.340. The van der Waals surface area contributed by atoms with Gasteiger partial charge < -0.3 is 4.74 Å². The van der Waals surface area contributed by atoms with Crippen LogP contribution in [0.3, 0.4) is 0 Å². The second-order valence-corrected chi connectivity index (χ2v) is 2.86. The smallest absolute Gasteiger partial charge is 0.119 e. The highest BCUT2D eigenvalue weighted by Gasteiger charge is 2.03. The van der Waals surface area contributed by atoms with Gasteiger partial charge in [0.1, 0.15) is 5.75 Å². The van der Waals surface area contributed by atoms with E-state index in [0.29, 0.717) is 6.61 Å². The highest BCUT2D eigenvalue weighted by atomic mass is 16.5. The summed E-state index contributed by atoms with van der Waals surface area (Å²) in [6.45, 7) is 4.48. The number of rotatable bonds is 3. The summed E-state index contributed by atoms with van der Waals surface area (Å²) >= 11 is 0. The largest absolute Gasteiger partial charge is 0.494 e. The Labute approximate surface area is 78.8 Å². The molecule has 1 rings (SSSR count). The standard InChI is InChI=1S/C11H13NO/c1-3-13-11-6-4-5-10(7-11)9(2)8-12/h4-7,9H,3H2,1-2H3. The Bertz CT molecular complexity index is 314. The third kappa shape index (κ3) is 2.48. The Morgan fingerprint density at radius 3 is 2.92 bits per heavy atom. The van der Waals surface area contributed by atoms with Crippen LogP contribution in [0.1, 0.15) is 25.3 Å². The van der Waals surface area contributed by atoms with Gasteiger partial charge in [-0.2, -0.15) is 5.26 Å². The topological polar surface area (TPSA) is 33.0 Å². The van der Waals surface area contributed by atoms with E-state index in [2.05, 4.69) is 6.07 Å². The molecule has 1 unspecified atom stereocenters. The maximum Gasteiger partial charge on any atom is 0.119 e. The van der Waals surface area contributed by atoms with E-state index < -0.39 is 0 Å². The van der Waals surface area contributed by atoms with Crippen molar-refractivity contribution in [1.82, 2.24) is 0 Å². The molecule has 0 aromatic heterocycles. The molecule has 2 heteroatoms. The molecule has 0 saturated heterocycles. The minimum atomic E-state index is -0.0691. The second-order valence-electron chi connectivity index (χ2n) is 2.86. The van der Waals surface area contributed by atoms with Crippen LogP contribution in [-0.4, -0.2) is 6.61 Å². The monoisotopic (exact) mass is 175 g/mol. The Balaban J connectivity index is 2.86. The number of nitrogens with zero attached hydrogens (tertiary/aromatic N) is 1. The van der Waals surface area contributed by atoms with E-state index in [1.54, 1.807) is 0 Å². The van der Waals surface area contributed by atoms with Gasteiger partial charge in [0, 0.05) is 0 Å². The Morgan fingerprint density at radius 1 is 1.54 bits per heavy atom. The molecule has 0 aliphatic rings. The Morgan fingerprint density at radius 2 is 2.31 bits per heavy atom. The third-order valence-electron chi connectivity index (χ3n) is 1.86. The number of hydrogen-bond donors (Lipinski definition) is 0. The van der Waals surface area contributed by atoms with Gasteiger partial charge in [0.2, 0.25) is 0 Å². The minimum Gasteiger partial charge on any atom is -0.494 e. The molecule has 1 aromatic rings. The van der Waals surface area contributed by atoms with E-state index in [4.69, 9.17) is 10.00 Å². The first kappa shape index (κ1) is 9.60. The third-order valence-corrected chi connectivity index (χ3v) is 1.86. The fourth-order valence-electron chi connectivity index (χ4n) is 1.11. The molecule has 0 fully saturated rings. The number of ether oxygens (including phenoxy) is 1. The molecule has 0 aliphatic heterocycles. The van der Waals surface area contributed by atoms with E-state index in [-0.39, 0.29) is 5.92 Å². The van der Waals surface area contributed by atoms with Gasteiger partial charge in [-0.1, -0.05) is 12.1 Å². The van der Waals surface area contributed by atoms with Crippen molar-refractivity contribution in [2.24, 2.45) is 0 Å². The summed E-state index contributed by atoms with van der Waals surface area (Å²) in [5.41, 5.74) is 1.01. The van der Waals surface area contributed by atoms with Crippen LogP contribution in [0, 0.1) is 11.3 Å². The van der Waals surface area contributed by atoms with Crippen molar-refractivity contribution >= 4 is 0 Å². The lowest BCUT2D eigenvalue weighted by Crippen LogP contribution is -1.94. The van der Waals surface area contributed by atoms with Gasteiger partial charge in [0.15, 0.2) is 0 Å². The van der Waals surface area contributed by atoms with Gasteiger partial charge in [-0.05, 0) is 31.5 Å². The molecule has 0 bridgehead atoms. The van der Waals surface area contributed by atoms with Gasteiger partial charge in [-0.3, -0.25) is 0 Å². The predicted molar refractivity (Wildman–Crippen MR) is 51.6 cm³/mol. The van der Waals surface area contributed by atoms with E-state index in [1.165, 1.54) is 0 Å². The number of nitriles is 1. The summed E-state index contributed by atoms with van der Waals surface area (Å²) in [7, 11) is 0. The maximum atomic E-state index is 8.72. The Hall–Kier alpha value is -1.49. The summed E-state index contributed by atoms with van der Waals surface area (Å²) in [4.78, 5) is 0. The van der Waals surface area contributed by atoms with Crippen molar-refractivity contribution in [3.63, 3.8) is 0 Å². The Kier molecular flexibility index (Phi) is 3.33. The van der Waals surface area contributed by atoms with Crippen LogP contribution in [0.15, 0.2) is 24.3 Å². The van der Waals surface area contributed by atoms with Crippen molar-refractivity contribution < 1.29 is 4.74 Å². The first-order valence-electron chi connectivity index (χ1n) is 4.40. The predicted octanol–water partition coefficient (Wildman–Crippen LogP) is 2.71. The van der Waals surface area contributed by atoms with Crippen LogP contribution in [0.5, 0.6) is 5.75 Å². The number of hydrogen-bond acceptors (Lipinski definition) is 2. The minimum absolute atomic E-state index is 0.0691. The van der Waals surface area contributed by atoms with Gasteiger partial charge in [0.05, 0.1) is 18.6 Å². The normalized spacial score (nSPS) is 11.8. The van der Waals surface area contributed by atoms with Crippen LogP contribution < -0.4 is 4.74 Å². The van der Waals surface area contributed by atoms with Crippen LogP contribution in [0.4, 0.5) is 0 Å². The molecule has 13 heavy (non-hydrogen) atoms. The van der Waals surface area contributed by atoms with E-state index in [0.717, 1.165) is 11.3 Å². The van der Waals surface area contributed by atoms with E-state index >= 15 is 0 Å². The first-order chi connectivity index (χ1) is 6.27. The summed E-state index contributed by atoms with van der Waals surface area (Å²) in [6.07, 6.45) is 0. The molecule has 1 aromatic carbocycles. The van der Waals surface area contributed by atoms with Crippen LogP contribution in [0.25, 0.3) is 0 Å². The zero-order chi connectivity index (χ0) is 9.68. The average molecular weight is 175 g/mol. The van der Waals surface area contributed by atoms with Gasteiger partial charge in [0.25, 0.3) is 0 Å². The van der Waals surface area contributed by atoms with Gasteiger partial charge >= 0.3 is 0 Å². The van der Waals surface area contributed by atoms with Gasteiger partial charge in [-0.15, -0.1) is 0 Å². The summed E-state index contributed by atoms with van der Waals surface area (Å²) in [5.74, 6) is 0.766. The van der Waals surface area contributed by atoms with Crippen molar-refractivity contribution in [3.05, 3.63) is 29.8 Å². The summed E-state index contributed by atoms with van der Waals surface area (Å²) in [5, 5.41) is 8.72. The second kappa shape index (κ2) is 4.51. The fraction of sp³-hybridized carbons (Fsp3) is 0.364. The van der Waals surface area contributed by atoms with Crippen LogP contribution in [0.2, 0.25) is 0 Å². The summed E-state index contributed by atoms with van der Waals surface area (Å²) < 4.78 is 5.33. The molecule has 2 nitrogen and oxygen atoms in total. The quantitative estimate of drug-likeness (QED) is 0.707. The molecule has 0 saturated carbocycles. The molecule has 0 heterocycles. The lowest BCUT2D eigenvalue weighted by atomic mass is 10.0. The highest BCUT2D eigenvalue weighted by molar-refractivity contribution is 5.32. The molecule has 1 atom stereocenters. The molecule has 0 aliphatic carbocycles. The number of benzene rings is 1. The highest BCUT2D eigenvalue weighted by Crippen LogP contribution is 2.19. The van der Waals surface area contributed by atoms with Crippen molar-refractivity contribution in [1.29, 1.82) is 5.26 Å². The van der Waals surface area contributed by atoms with Crippen LogP contribution >= 0.6 is 0 Å². The molecular weight excluding hydrogens is 162 g/mol. The molecule has 0 radical (unpaired) electrons. The van der Waals surface area contributed by atoms with Gasteiger partial charge in [-0.25, -0.2) is 0 Å². The maximum absolute atomic E-state index is 8.72. The fourth-order valence-corrected chi connectivity index (χ4v) is 1.11. The molecule has 0 amide bonds. The van der Waals surface area contributed by atoms with E-state index in [1.807, 2.05) is 38.1 Å². The van der Waals surface area contributed by atoms with E-state index in [9.17, 15) is 0 Å². The lowest BCUT2D eigenvalue weighted by Gasteiger charge is -2.06. The van der Waals surface area contributed by atoms with Crippen LogP contribution in [-0.2, 0) is 0 Å². The molecule has 68 valence electrons. The molecule has 0 spiro atoms. The molecule has 0 N–H and O–H groups in total. The van der Waals surface area contributed by atoms with Crippen molar-refractivity contribution in [2.75, 3.05) is 6.61 Å². The van der Waals surface area contributed by atoms with Crippen molar-refractivity contribution in [2.45, 2.75) is 19.8 Å². The summed E-state index contributed by atoms with van der Waals surface area (Å²) in [6, 6.07) is 9.86. The first-order valence-corrected chi connectivity index (χ1v) is 4.40. The average Bonchev–Trinajstić information content (AvgIpc) is 2.18. The zero-order valence-corrected chi connectivity index (χ0v) is 7.95.